The summed E-state index contributed by atoms with van der Waals surface area (Å²) in [5.41, 5.74) is 1.29. The normalized spacial score (nSPS) is 14.6. The first-order valence-electron chi connectivity index (χ1n) is 11.2. The quantitative estimate of drug-likeness (QED) is 0.310. The maximum absolute atomic E-state index is 13.5. The van der Waals surface area contributed by atoms with Gasteiger partial charge in [-0.1, -0.05) is 35.9 Å². The lowest BCUT2D eigenvalue weighted by Crippen LogP contribution is -2.35. The summed E-state index contributed by atoms with van der Waals surface area (Å²) in [5.74, 6) is -1.36. The van der Waals surface area contributed by atoms with Gasteiger partial charge in [-0.2, -0.15) is 13.2 Å². The van der Waals surface area contributed by atoms with Crippen LogP contribution in [0.15, 0.2) is 72.9 Å². The number of rotatable bonds is 6. The number of benzene rings is 3. The molecular weight excluding hydrogens is 493 g/mol. The van der Waals surface area contributed by atoms with Crippen LogP contribution in [0, 0.1) is 0 Å². The van der Waals surface area contributed by atoms with Gasteiger partial charge >= 0.3 is 12.1 Å². The molecule has 1 aliphatic rings. The molecule has 5 nitrogen and oxygen atoms in total. The minimum atomic E-state index is -4.41. The minimum absolute atomic E-state index is 0.165. The minimum Gasteiger partial charge on any atom is -0.478 e. The number of hydrogen-bond acceptors (Lipinski definition) is 2. The summed E-state index contributed by atoms with van der Waals surface area (Å²) in [6.45, 7) is 0.269. The van der Waals surface area contributed by atoms with Crippen LogP contribution < -0.4 is 5.32 Å². The highest BCUT2D eigenvalue weighted by Gasteiger charge is 2.46. The van der Waals surface area contributed by atoms with E-state index in [-0.39, 0.29) is 18.0 Å². The van der Waals surface area contributed by atoms with Crippen LogP contribution in [0.3, 0.4) is 0 Å². The molecule has 2 N–H and O–H groups in total. The van der Waals surface area contributed by atoms with Gasteiger partial charge in [0.1, 0.15) is 0 Å². The molecule has 1 saturated carbocycles. The summed E-state index contributed by atoms with van der Waals surface area (Å²) < 4.78 is 40.6. The van der Waals surface area contributed by atoms with Gasteiger partial charge in [-0.3, -0.25) is 4.79 Å². The largest absolute Gasteiger partial charge is 0.478 e. The number of carbonyl (C=O) groups is 2. The first kappa shape index (κ1) is 23.9. The maximum atomic E-state index is 13.5. The topological polar surface area (TPSA) is 71.3 Å². The Kier molecular flexibility index (Phi) is 5.79. The predicted octanol–water partition coefficient (Wildman–Crippen LogP) is 6.48. The Morgan fingerprint density at radius 3 is 2.25 bits per heavy atom. The van der Waals surface area contributed by atoms with Crippen LogP contribution in [0.2, 0.25) is 5.02 Å². The third kappa shape index (κ3) is 4.56. The number of hydrogen-bond donors (Lipinski definition) is 2. The van der Waals surface area contributed by atoms with Crippen LogP contribution in [0.25, 0.3) is 10.9 Å². The first-order chi connectivity index (χ1) is 17.1. The van der Waals surface area contributed by atoms with Crippen molar-refractivity contribution in [2.75, 3.05) is 0 Å². The van der Waals surface area contributed by atoms with Crippen LogP contribution in [-0.4, -0.2) is 21.6 Å². The number of aromatic nitrogens is 1. The van der Waals surface area contributed by atoms with Gasteiger partial charge in [-0.05, 0) is 66.4 Å². The van der Waals surface area contributed by atoms with Gasteiger partial charge in [-0.15, -0.1) is 0 Å². The number of aromatic carboxylic acids is 1. The van der Waals surface area contributed by atoms with Crippen molar-refractivity contribution in [2.45, 2.75) is 31.1 Å². The number of fused-ring (bicyclic) bond motifs is 1. The molecule has 1 fully saturated rings. The maximum Gasteiger partial charge on any atom is 0.416 e. The second kappa shape index (κ2) is 8.71. The van der Waals surface area contributed by atoms with Crippen molar-refractivity contribution in [3.05, 3.63) is 106 Å². The third-order valence-electron chi connectivity index (χ3n) is 6.49. The molecule has 4 aromatic rings. The van der Waals surface area contributed by atoms with E-state index >= 15 is 0 Å². The Morgan fingerprint density at radius 2 is 1.67 bits per heavy atom. The summed E-state index contributed by atoms with van der Waals surface area (Å²) in [6, 6.07) is 16.5. The van der Waals surface area contributed by atoms with Crippen LogP contribution in [0.4, 0.5) is 13.2 Å². The van der Waals surface area contributed by atoms with E-state index in [1.165, 1.54) is 24.3 Å². The average molecular weight is 513 g/mol. The molecular formula is C27H20ClF3N2O3. The standard InChI is InChI=1S/C27H20ClF3N2O3/c28-21-13-18-9-12-33(15-16-1-5-20(6-2-16)27(29,30)31)23(18)22(14-21)24(34)32-26(10-11-26)19-7-3-17(4-8-19)25(35)36/h1-9,12-14H,10-11,15H2,(H,32,34)(H,35,36). The molecule has 3 aromatic carbocycles. The Balaban J connectivity index is 1.44. The fourth-order valence-electron chi connectivity index (χ4n) is 4.44. The molecule has 1 heterocycles. The number of carbonyl (C=O) groups excluding carboxylic acids is 1. The van der Waals surface area contributed by atoms with E-state index in [0.29, 0.717) is 34.5 Å². The highest BCUT2D eigenvalue weighted by Crippen LogP contribution is 2.46. The summed E-state index contributed by atoms with van der Waals surface area (Å²) in [7, 11) is 0. The lowest BCUT2D eigenvalue weighted by Gasteiger charge is -2.19. The molecule has 0 aliphatic heterocycles. The monoisotopic (exact) mass is 512 g/mol. The van der Waals surface area contributed by atoms with Crippen LogP contribution >= 0.6 is 11.6 Å². The molecule has 1 aromatic heterocycles. The Bertz CT molecular complexity index is 1470. The van der Waals surface area contributed by atoms with Crippen molar-refractivity contribution >= 4 is 34.4 Å². The zero-order chi connectivity index (χ0) is 25.7. The fourth-order valence-corrected chi connectivity index (χ4v) is 4.67. The van der Waals surface area contributed by atoms with E-state index in [1.54, 1.807) is 36.5 Å². The van der Waals surface area contributed by atoms with Gasteiger partial charge in [0, 0.05) is 23.2 Å². The Hall–Kier alpha value is -3.78. The third-order valence-corrected chi connectivity index (χ3v) is 6.71. The molecule has 0 atom stereocenters. The number of nitrogens with zero attached hydrogens (tertiary/aromatic N) is 1. The van der Waals surface area contributed by atoms with Crippen molar-refractivity contribution in [3.8, 4) is 0 Å². The van der Waals surface area contributed by atoms with Gasteiger partial charge in [0.15, 0.2) is 0 Å². The molecule has 0 saturated heterocycles. The second-order valence-electron chi connectivity index (χ2n) is 8.95. The summed E-state index contributed by atoms with van der Waals surface area (Å²) in [5, 5.41) is 13.3. The fraction of sp³-hybridized carbons (Fsp3) is 0.185. The number of alkyl halides is 3. The van der Waals surface area contributed by atoms with Crippen molar-refractivity contribution in [2.24, 2.45) is 0 Å². The zero-order valence-electron chi connectivity index (χ0n) is 18.8. The van der Waals surface area contributed by atoms with Gasteiger partial charge in [0.05, 0.1) is 27.7 Å². The predicted molar refractivity (Wildman–Crippen MR) is 129 cm³/mol. The summed E-state index contributed by atoms with van der Waals surface area (Å²) >= 11 is 6.30. The van der Waals surface area contributed by atoms with Gasteiger partial charge in [0.2, 0.25) is 0 Å². The molecule has 1 amide bonds. The van der Waals surface area contributed by atoms with E-state index < -0.39 is 23.2 Å². The molecule has 36 heavy (non-hydrogen) atoms. The molecule has 0 bridgehead atoms. The van der Waals surface area contributed by atoms with Crippen LogP contribution in [0.5, 0.6) is 0 Å². The molecule has 0 spiro atoms. The number of halogens is 4. The van der Waals surface area contributed by atoms with Crippen molar-refractivity contribution < 1.29 is 27.9 Å². The number of amides is 1. The Morgan fingerprint density at radius 1 is 1.00 bits per heavy atom. The van der Waals surface area contributed by atoms with Crippen LogP contribution in [-0.2, 0) is 18.3 Å². The van der Waals surface area contributed by atoms with Gasteiger partial charge in [0.25, 0.3) is 5.91 Å². The second-order valence-corrected chi connectivity index (χ2v) is 9.38. The van der Waals surface area contributed by atoms with Crippen molar-refractivity contribution in [1.29, 1.82) is 0 Å². The highest BCUT2D eigenvalue weighted by molar-refractivity contribution is 6.32. The zero-order valence-corrected chi connectivity index (χ0v) is 19.5. The average Bonchev–Trinajstić information content (AvgIpc) is 3.51. The molecule has 1 aliphatic carbocycles. The van der Waals surface area contributed by atoms with E-state index in [9.17, 15) is 22.8 Å². The highest BCUT2D eigenvalue weighted by atomic mass is 35.5. The summed E-state index contributed by atoms with van der Waals surface area (Å²) in [6.07, 6.45) is -1.22. The number of nitrogens with one attached hydrogen (secondary N) is 1. The van der Waals surface area contributed by atoms with E-state index in [2.05, 4.69) is 5.32 Å². The van der Waals surface area contributed by atoms with Crippen molar-refractivity contribution in [1.82, 2.24) is 9.88 Å². The lowest BCUT2D eigenvalue weighted by atomic mass is 10.0. The summed E-state index contributed by atoms with van der Waals surface area (Å²) in [4.78, 5) is 24.6. The van der Waals surface area contributed by atoms with E-state index in [1.807, 2.05) is 4.57 Å². The molecule has 9 heteroatoms. The molecule has 0 radical (unpaired) electrons. The molecule has 0 unspecified atom stereocenters. The molecule has 5 rings (SSSR count). The van der Waals surface area contributed by atoms with Gasteiger partial charge < -0.3 is 15.0 Å². The lowest BCUT2D eigenvalue weighted by molar-refractivity contribution is -0.137. The molecule has 184 valence electrons. The van der Waals surface area contributed by atoms with E-state index in [4.69, 9.17) is 16.7 Å². The Labute approximate surface area is 209 Å². The van der Waals surface area contributed by atoms with Crippen LogP contribution in [0.1, 0.15) is 50.2 Å². The van der Waals surface area contributed by atoms with Gasteiger partial charge in [-0.25, -0.2) is 4.79 Å². The smallest absolute Gasteiger partial charge is 0.416 e. The van der Waals surface area contributed by atoms with Crippen molar-refractivity contribution in [3.63, 3.8) is 0 Å². The SMILES string of the molecule is O=C(O)c1ccc(C2(NC(=O)c3cc(Cl)cc4ccn(Cc5ccc(C(F)(F)F)cc5)c34)CC2)cc1. The number of carboxylic acid groups (broad SMARTS) is 1. The first-order valence-corrected chi connectivity index (χ1v) is 11.5. The number of carboxylic acids is 1. The van der Waals surface area contributed by atoms with E-state index in [0.717, 1.165) is 23.1 Å².